The number of rotatable bonds is 8. The first kappa shape index (κ1) is 16.5. The maximum absolute atomic E-state index is 11.8. The molecule has 1 aliphatic rings. The molecule has 1 aliphatic carbocycles. The number of nitrogens with one attached hydrogen (secondary N) is 2. The Hall–Kier alpha value is -2.35. The molecule has 2 heterocycles. The highest BCUT2D eigenvalue weighted by Crippen LogP contribution is 2.20. The predicted molar refractivity (Wildman–Crippen MR) is 89.8 cm³/mol. The quantitative estimate of drug-likeness (QED) is 0.563. The zero-order valence-corrected chi connectivity index (χ0v) is 13.8. The van der Waals surface area contributed by atoms with Crippen LogP contribution in [0.25, 0.3) is 0 Å². The van der Waals surface area contributed by atoms with Crippen LogP contribution in [-0.2, 0) is 4.79 Å². The second-order valence-corrected chi connectivity index (χ2v) is 6.60. The van der Waals surface area contributed by atoms with Gasteiger partial charge in [-0.05, 0) is 43.5 Å². The molecule has 0 unspecified atom stereocenters. The third-order valence-electron chi connectivity index (χ3n) is 3.37. The summed E-state index contributed by atoms with van der Waals surface area (Å²) in [4.78, 5) is 23.4. The van der Waals surface area contributed by atoms with Crippen LogP contribution in [0, 0.1) is 0 Å². The van der Waals surface area contributed by atoms with E-state index in [1.165, 1.54) is 18.0 Å². The number of hydrogen-bond donors (Lipinski definition) is 2. The molecule has 7 nitrogen and oxygen atoms in total. The summed E-state index contributed by atoms with van der Waals surface area (Å²) in [5, 5.41) is 14.4. The Morgan fingerprint density at radius 2 is 2.12 bits per heavy atom. The van der Waals surface area contributed by atoms with Gasteiger partial charge in [-0.3, -0.25) is 9.59 Å². The molecule has 2 aromatic heterocycles. The maximum atomic E-state index is 11.8. The molecule has 2 N–H and O–H groups in total. The maximum Gasteiger partial charge on any atom is 0.292 e. The highest BCUT2D eigenvalue weighted by molar-refractivity contribution is 7.99. The molecule has 8 heteroatoms. The van der Waals surface area contributed by atoms with Crippen molar-refractivity contribution in [3.8, 4) is 0 Å². The molecular formula is C16H18N4O3S. The highest BCUT2D eigenvalue weighted by atomic mass is 32.2. The number of furan rings is 1. The van der Waals surface area contributed by atoms with Gasteiger partial charge in [-0.25, -0.2) is 0 Å². The fourth-order valence-electron chi connectivity index (χ4n) is 1.99. The molecule has 2 aromatic rings. The fourth-order valence-corrected chi connectivity index (χ4v) is 2.75. The Balaban J connectivity index is 1.38. The molecule has 0 bridgehead atoms. The molecule has 126 valence electrons. The average Bonchev–Trinajstić information content (AvgIpc) is 3.22. The van der Waals surface area contributed by atoms with E-state index in [0.717, 1.165) is 30.0 Å². The van der Waals surface area contributed by atoms with E-state index >= 15 is 0 Å². The van der Waals surface area contributed by atoms with Gasteiger partial charge in [0.25, 0.3) is 5.91 Å². The number of carbonyl (C=O) groups excluding carboxylic acids is 2. The van der Waals surface area contributed by atoms with E-state index in [1.807, 2.05) is 0 Å². The molecule has 0 saturated heterocycles. The summed E-state index contributed by atoms with van der Waals surface area (Å²) < 4.78 is 5.01. The highest BCUT2D eigenvalue weighted by Gasteiger charge is 2.22. The van der Waals surface area contributed by atoms with Crippen LogP contribution in [0.2, 0.25) is 0 Å². The van der Waals surface area contributed by atoms with Gasteiger partial charge in [-0.15, -0.1) is 22.0 Å². The summed E-state index contributed by atoms with van der Waals surface area (Å²) >= 11 is 1.54. The van der Waals surface area contributed by atoms with E-state index in [1.54, 1.807) is 24.3 Å². The molecule has 1 fully saturated rings. The van der Waals surface area contributed by atoms with Gasteiger partial charge in [0.2, 0.25) is 5.91 Å². The van der Waals surface area contributed by atoms with E-state index in [9.17, 15) is 9.59 Å². The summed E-state index contributed by atoms with van der Waals surface area (Å²) in [7, 11) is 0. The molecule has 0 radical (unpaired) electrons. The second-order valence-electron chi connectivity index (χ2n) is 5.48. The van der Waals surface area contributed by atoms with Crippen molar-refractivity contribution >= 4 is 29.4 Å². The third kappa shape index (κ3) is 5.09. The lowest BCUT2D eigenvalue weighted by Crippen LogP contribution is -2.24. The molecule has 0 atom stereocenters. The van der Waals surface area contributed by atoms with E-state index in [-0.39, 0.29) is 17.6 Å². The fraction of sp³-hybridized carbons (Fsp3) is 0.375. The summed E-state index contributed by atoms with van der Waals surface area (Å²) in [5.41, 5.74) is 0. The standard InChI is InChI=1S/C16H18N4O3S/c21-14(17-11-5-6-11)4-2-10-24-15-8-7-13(19-20-15)18-16(22)12-3-1-9-23-12/h1,3,7-9,11H,2,4-6,10H2,(H,17,21)(H,18,19,22). The lowest BCUT2D eigenvalue weighted by molar-refractivity contribution is -0.121. The van der Waals surface area contributed by atoms with Crippen molar-refractivity contribution in [2.75, 3.05) is 11.1 Å². The van der Waals surface area contributed by atoms with Crippen LogP contribution in [0.5, 0.6) is 0 Å². The van der Waals surface area contributed by atoms with Crippen molar-refractivity contribution in [2.45, 2.75) is 36.8 Å². The van der Waals surface area contributed by atoms with Gasteiger partial charge in [-0.2, -0.15) is 0 Å². The summed E-state index contributed by atoms with van der Waals surface area (Å²) in [6.45, 7) is 0. The molecule has 0 spiro atoms. The number of hydrogen-bond acceptors (Lipinski definition) is 6. The summed E-state index contributed by atoms with van der Waals surface area (Å²) in [6.07, 6.45) is 4.99. The predicted octanol–water partition coefficient (Wildman–Crippen LogP) is 2.47. The lowest BCUT2D eigenvalue weighted by atomic mass is 10.3. The number of amides is 2. The number of aromatic nitrogens is 2. The lowest BCUT2D eigenvalue weighted by Gasteiger charge is -2.04. The van der Waals surface area contributed by atoms with Crippen LogP contribution >= 0.6 is 11.8 Å². The zero-order valence-electron chi connectivity index (χ0n) is 13.0. The van der Waals surface area contributed by atoms with Gasteiger partial charge < -0.3 is 15.1 Å². The molecule has 1 saturated carbocycles. The Bertz CT molecular complexity index is 684. The minimum atomic E-state index is -0.364. The molecular weight excluding hydrogens is 328 g/mol. The van der Waals surface area contributed by atoms with Crippen molar-refractivity contribution in [3.05, 3.63) is 36.3 Å². The van der Waals surface area contributed by atoms with Crippen molar-refractivity contribution in [2.24, 2.45) is 0 Å². The molecule has 3 rings (SSSR count). The number of carbonyl (C=O) groups is 2. The van der Waals surface area contributed by atoms with Crippen LogP contribution in [0.3, 0.4) is 0 Å². The first-order chi connectivity index (χ1) is 11.7. The third-order valence-corrected chi connectivity index (χ3v) is 4.37. The summed E-state index contributed by atoms with van der Waals surface area (Å²) in [5.74, 6) is 1.14. The number of thioether (sulfide) groups is 1. The largest absolute Gasteiger partial charge is 0.459 e. The van der Waals surface area contributed by atoms with E-state index < -0.39 is 0 Å². The van der Waals surface area contributed by atoms with Crippen LogP contribution < -0.4 is 10.6 Å². The Labute approximate surface area is 143 Å². The van der Waals surface area contributed by atoms with Crippen molar-refractivity contribution in [3.63, 3.8) is 0 Å². The van der Waals surface area contributed by atoms with Crippen LogP contribution in [-0.4, -0.2) is 33.8 Å². The second kappa shape index (κ2) is 7.96. The minimum Gasteiger partial charge on any atom is -0.459 e. The van der Waals surface area contributed by atoms with E-state index in [0.29, 0.717) is 18.3 Å². The summed E-state index contributed by atoms with van der Waals surface area (Å²) in [6, 6.07) is 7.12. The Morgan fingerprint density at radius 3 is 2.79 bits per heavy atom. The molecule has 0 aromatic carbocycles. The van der Waals surface area contributed by atoms with Crippen LogP contribution in [0.1, 0.15) is 36.2 Å². The van der Waals surface area contributed by atoms with Gasteiger partial charge in [0.1, 0.15) is 5.03 Å². The molecule has 24 heavy (non-hydrogen) atoms. The first-order valence-corrected chi connectivity index (χ1v) is 8.80. The normalized spacial score (nSPS) is 13.5. The van der Waals surface area contributed by atoms with E-state index in [4.69, 9.17) is 4.42 Å². The smallest absolute Gasteiger partial charge is 0.292 e. The Morgan fingerprint density at radius 1 is 1.25 bits per heavy atom. The SMILES string of the molecule is O=C(CCCSc1ccc(NC(=O)c2ccco2)nn1)NC1CC1. The van der Waals surface area contributed by atoms with Gasteiger partial charge in [-0.1, -0.05) is 0 Å². The Kier molecular flexibility index (Phi) is 5.47. The molecule has 2 amide bonds. The number of anilines is 1. The van der Waals surface area contributed by atoms with Gasteiger partial charge in [0.15, 0.2) is 11.6 Å². The minimum absolute atomic E-state index is 0.125. The van der Waals surface area contributed by atoms with Crippen molar-refractivity contribution in [1.29, 1.82) is 0 Å². The van der Waals surface area contributed by atoms with Crippen LogP contribution in [0.4, 0.5) is 5.82 Å². The monoisotopic (exact) mass is 346 g/mol. The van der Waals surface area contributed by atoms with Crippen LogP contribution in [0.15, 0.2) is 40.0 Å². The van der Waals surface area contributed by atoms with Gasteiger partial charge >= 0.3 is 0 Å². The topological polar surface area (TPSA) is 97.1 Å². The van der Waals surface area contributed by atoms with Gasteiger partial charge in [0, 0.05) is 18.2 Å². The van der Waals surface area contributed by atoms with E-state index in [2.05, 4.69) is 20.8 Å². The molecule has 0 aliphatic heterocycles. The number of nitrogens with zero attached hydrogens (tertiary/aromatic N) is 2. The average molecular weight is 346 g/mol. The zero-order chi connectivity index (χ0) is 16.8. The first-order valence-electron chi connectivity index (χ1n) is 7.81. The van der Waals surface area contributed by atoms with Gasteiger partial charge in [0.05, 0.1) is 6.26 Å². The van der Waals surface area contributed by atoms with Crippen molar-refractivity contribution in [1.82, 2.24) is 15.5 Å². The van der Waals surface area contributed by atoms with Crippen molar-refractivity contribution < 1.29 is 14.0 Å².